The van der Waals surface area contributed by atoms with E-state index in [-0.39, 0.29) is 0 Å². The Kier molecular flexibility index (Phi) is 6.29. The van der Waals surface area contributed by atoms with Crippen LogP contribution >= 0.6 is 46.7 Å². The van der Waals surface area contributed by atoms with Crippen LogP contribution in [0.1, 0.15) is 5.69 Å². The number of thiazole rings is 1. The number of benzene rings is 2. The van der Waals surface area contributed by atoms with Crippen LogP contribution in [0.15, 0.2) is 58.3 Å². The Bertz CT molecular complexity index is 1170. The zero-order valence-electron chi connectivity index (χ0n) is 15.7. The zero-order chi connectivity index (χ0) is 20.2. The standard InChI is InChI=1S/C20H17N3O2S4/c1-24-16-9-8-13(10-17(16)25-2)18-21-14(11-27-18)12-28-19-22-23(20(26)29-19)15-6-4-3-5-7-15/h3-11H,12H2,1-2H3. The third kappa shape index (κ3) is 4.53. The van der Waals surface area contributed by atoms with E-state index in [1.54, 1.807) is 42.0 Å². The van der Waals surface area contributed by atoms with Gasteiger partial charge in [-0.05, 0) is 42.5 Å². The summed E-state index contributed by atoms with van der Waals surface area (Å²) < 4.78 is 14.2. The summed E-state index contributed by atoms with van der Waals surface area (Å²) in [5, 5.41) is 7.67. The fourth-order valence-corrected chi connectivity index (χ4v) is 5.84. The Morgan fingerprint density at radius 3 is 2.62 bits per heavy atom. The summed E-state index contributed by atoms with van der Waals surface area (Å²) in [4.78, 5) is 4.76. The third-order valence-corrected chi connectivity index (χ3v) is 7.39. The molecule has 2 aromatic heterocycles. The summed E-state index contributed by atoms with van der Waals surface area (Å²) in [7, 11) is 3.26. The van der Waals surface area contributed by atoms with Gasteiger partial charge in [-0.2, -0.15) is 0 Å². The summed E-state index contributed by atoms with van der Waals surface area (Å²) in [5.74, 6) is 2.14. The van der Waals surface area contributed by atoms with Gasteiger partial charge < -0.3 is 9.47 Å². The van der Waals surface area contributed by atoms with E-state index in [1.807, 2.05) is 48.5 Å². The third-order valence-electron chi connectivity index (χ3n) is 4.06. The largest absolute Gasteiger partial charge is 0.493 e. The molecule has 9 heteroatoms. The van der Waals surface area contributed by atoms with Crippen LogP contribution in [0.25, 0.3) is 16.3 Å². The maximum Gasteiger partial charge on any atom is 0.184 e. The lowest BCUT2D eigenvalue weighted by molar-refractivity contribution is 0.355. The Hall–Kier alpha value is -2.20. The van der Waals surface area contributed by atoms with Crippen molar-refractivity contribution in [3.63, 3.8) is 0 Å². The van der Waals surface area contributed by atoms with Crippen molar-refractivity contribution in [1.29, 1.82) is 0 Å². The van der Waals surface area contributed by atoms with Gasteiger partial charge in [-0.3, -0.25) is 0 Å². The zero-order valence-corrected chi connectivity index (χ0v) is 19.0. The number of rotatable bonds is 7. The molecule has 0 aliphatic rings. The Labute approximate surface area is 186 Å². The molecule has 148 valence electrons. The number of methoxy groups -OCH3 is 2. The van der Waals surface area contributed by atoms with Crippen LogP contribution in [0.3, 0.4) is 0 Å². The summed E-state index contributed by atoms with van der Waals surface area (Å²) in [6, 6.07) is 15.8. The molecule has 2 aromatic carbocycles. The second kappa shape index (κ2) is 9.08. The molecule has 0 saturated carbocycles. The highest BCUT2D eigenvalue weighted by molar-refractivity contribution is 8.00. The molecule has 0 spiro atoms. The maximum absolute atomic E-state index is 5.47. The van der Waals surface area contributed by atoms with Crippen molar-refractivity contribution in [2.24, 2.45) is 0 Å². The topological polar surface area (TPSA) is 49.2 Å². The van der Waals surface area contributed by atoms with E-state index in [0.29, 0.717) is 11.5 Å². The first-order valence-electron chi connectivity index (χ1n) is 8.63. The molecule has 0 amide bonds. The van der Waals surface area contributed by atoms with Crippen LogP contribution in [0.5, 0.6) is 11.5 Å². The van der Waals surface area contributed by atoms with Gasteiger partial charge in [0.2, 0.25) is 0 Å². The number of para-hydroxylation sites is 1. The van der Waals surface area contributed by atoms with Crippen molar-refractivity contribution in [2.75, 3.05) is 14.2 Å². The molecule has 29 heavy (non-hydrogen) atoms. The molecule has 0 atom stereocenters. The van der Waals surface area contributed by atoms with Gasteiger partial charge >= 0.3 is 0 Å². The second-order valence-corrected chi connectivity index (χ2v) is 9.59. The Balaban J connectivity index is 1.47. The molecule has 0 unspecified atom stereocenters. The first-order chi connectivity index (χ1) is 14.2. The summed E-state index contributed by atoms with van der Waals surface area (Å²) in [6.45, 7) is 0. The smallest absolute Gasteiger partial charge is 0.184 e. The van der Waals surface area contributed by atoms with Crippen LogP contribution in [0.4, 0.5) is 0 Å². The monoisotopic (exact) mass is 459 g/mol. The maximum atomic E-state index is 5.47. The van der Waals surface area contributed by atoms with Crippen LogP contribution < -0.4 is 9.47 Å². The molecular weight excluding hydrogens is 443 g/mol. The Morgan fingerprint density at radius 1 is 1.07 bits per heavy atom. The van der Waals surface area contributed by atoms with Crippen LogP contribution in [0, 0.1) is 3.95 Å². The van der Waals surface area contributed by atoms with E-state index < -0.39 is 0 Å². The minimum absolute atomic E-state index is 0.697. The quantitative estimate of drug-likeness (QED) is 0.246. The first-order valence-corrected chi connectivity index (χ1v) is 11.7. The molecule has 0 aliphatic carbocycles. The van der Waals surface area contributed by atoms with Crippen LogP contribution in [-0.2, 0) is 5.75 Å². The van der Waals surface area contributed by atoms with E-state index in [1.165, 1.54) is 11.3 Å². The van der Waals surface area contributed by atoms with Crippen LogP contribution in [-0.4, -0.2) is 29.0 Å². The summed E-state index contributed by atoms with van der Waals surface area (Å²) >= 11 is 10.2. The number of nitrogens with zero attached hydrogens (tertiary/aromatic N) is 3. The number of hydrogen-bond acceptors (Lipinski definition) is 8. The fourth-order valence-electron chi connectivity index (χ4n) is 2.66. The molecule has 4 aromatic rings. The highest BCUT2D eigenvalue weighted by atomic mass is 32.2. The fraction of sp³-hybridized carbons (Fsp3) is 0.150. The van der Waals surface area contributed by atoms with Gasteiger partial charge in [-0.25, -0.2) is 9.67 Å². The van der Waals surface area contributed by atoms with Crippen molar-refractivity contribution >= 4 is 46.7 Å². The van der Waals surface area contributed by atoms with Gasteiger partial charge in [0.15, 0.2) is 19.8 Å². The van der Waals surface area contributed by atoms with Crippen LogP contribution in [0.2, 0.25) is 0 Å². The van der Waals surface area contributed by atoms with Gasteiger partial charge in [0.25, 0.3) is 0 Å². The number of ether oxygens (including phenoxy) is 2. The van der Waals surface area contributed by atoms with E-state index in [0.717, 1.165) is 36.0 Å². The molecule has 0 bridgehead atoms. The average molecular weight is 460 g/mol. The van der Waals surface area contributed by atoms with Gasteiger partial charge in [-0.15, -0.1) is 16.4 Å². The van der Waals surface area contributed by atoms with Crippen molar-refractivity contribution in [3.05, 3.63) is 63.6 Å². The van der Waals surface area contributed by atoms with Crippen molar-refractivity contribution < 1.29 is 9.47 Å². The molecule has 0 N–H and O–H groups in total. The van der Waals surface area contributed by atoms with E-state index in [4.69, 9.17) is 26.7 Å². The Morgan fingerprint density at radius 2 is 1.86 bits per heavy atom. The highest BCUT2D eigenvalue weighted by Crippen LogP contribution is 2.34. The van der Waals surface area contributed by atoms with Gasteiger partial charge in [-0.1, -0.05) is 41.3 Å². The molecule has 0 radical (unpaired) electrons. The van der Waals surface area contributed by atoms with Crippen molar-refractivity contribution in [3.8, 4) is 27.8 Å². The average Bonchev–Trinajstić information content (AvgIpc) is 3.39. The molecule has 5 nitrogen and oxygen atoms in total. The molecule has 0 fully saturated rings. The molecule has 0 aliphatic heterocycles. The minimum atomic E-state index is 0.697. The number of thioether (sulfide) groups is 1. The lowest BCUT2D eigenvalue weighted by Crippen LogP contribution is -1.95. The van der Waals surface area contributed by atoms with E-state index >= 15 is 0 Å². The van der Waals surface area contributed by atoms with Crippen molar-refractivity contribution in [2.45, 2.75) is 10.1 Å². The lowest BCUT2D eigenvalue weighted by atomic mass is 10.2. The highest BCUT2D eigenvalue weighted by Gasteiger charge is 2.11. The van der Waals surface area contributed by atoms with E-state index in [2.05, 4.69) is 10.5 Å². The molecule has 2 heterocycles. The minimum Gasteiger partial charge on any atom is -0.493 e. The lowest BCUT2D eigenvalue weighted by Gasteiger charge is -2.08. The predicted molar refractivity (Wildman–Crippen MR) is 122 cm³/mol. The normalized spacial score (nSPS) is 10.8. The molecular formula is C20H17N3O2S4. The van der Waals surface area contributed by atoms with Crippen molar-refractivity contribution in [1.82, 2.24) is 14.8 Å². The summed E-state index contributed by atoms with van der Waals surface area (Å²) in [5.41, 5.74) is 3.00. The number of hydrogen-bond donors (Lipinski definition) is 0. The SMILES string of the molecule is COc1ccc(-c2nc(CSc3nn(-c4ccccc4)c(=S)s3)cs2)cc1OC. The molecule has 4 rings (SSSR count). The van der Waals surface area contributed by atoms with E-state index in [9.17, 15) is 0 Å². The van der Waals surface area contributed by atoms with Gasteiger partial charge in [0.1, 0.15) is 5.01 Å². The predicted octanol–water partition coefficient (Wildman–Crippen LogP) is 6.10. The summed E-state index contributed by atoms with van der Waals surface area (Å²) in [6.07, 6.45) is 0. The second-order valence-electron chi connectivity index (χ2n) is 5.88. The van der Waals surface area contributed by atoms with Gasteiger partial charge in [0.05, 0.1) is 25.6 Å². The first kappa shape index (κ1) is 20.1. The van der Waals surface area contributed by atoms with Gasteiger partial charge in [0, 0.05) is 16.7 Å². The molecule has 0 saturated heterocycles. The number of aromatic nitrogens is 3.